The molecule has 16 heavy (non-hydrogen) atoms. The third kappa shape index (κ3) is 2.30. The van der Waals surface area contributed by atoms with Gasteiger partial charge in [0.05, 0.1) is 0 Å². The summed E-state index contributed by atoms with van der Waals surface area (Å²) >= 11 is 11.1. The molecule has 86 valence electrons. The molecule has 1 aromatic rings. The van der Waals surface area contributed by atoms with Gasteiger partial charge in [-0.1, -0.05) is 30.7 Å². The van der Waals surface area contributed by atoms with Crippen LogP contribution in [-0.2, 0) is 0 Å². The fourth-order valence-corrected chi connectivity index (χ4v) is 2.47. The maximum atomic E-state index is 6.03. The van der Waals surface area contributed by atoms with Crippen LogP contribution in [0.3, 0.4) is 0 Å². The molecule has 0 saturated carbocycles. The van der Waals surface area contributed by atoms with E-state index in [-0.39, 0.29) is 0 Å². The maximum absolute atomic E-state index is 6.03. The second-order valence-electron chi connectivity index (χ2n) is 4.37. The smallest absolute Gasteiger partial charge is 0.106 e. The fraction of sp³-hybridized carbons (Fsp3) is 0.417. The number of halogens is 1. The van der Waals surface area contributed by atoms with Gasteiger partial charge in [0.25, 0.3) is 0 Å². The summed E-state index contributed by atoms with van der Waals surface area (Å²) in [6, 6.07) is 5.69. The zero-order valence-corrected chi connectivity index (χ0v) is 10.8. The van der Waals surface area contributed by atoms with Gasteiger partial charge in [-0.3, -0.25) is 0 Å². The Balaban J connectivity index is 2.37. The number of benzene rings is 1. The summed E-state index contributed by atoms with van der Waals surface area (Å²) in [5, 5.41) is 0.731. The van der Waals surface area contributed by atoms with E-state index in [0.29, 0.717) is 4.99 Å². The van der Waals surface area contributed by atoms with Crippen LogP contribution in [0.25, 0.3) is 0 Å². The van der Waals surface area contributed by atoms with Gasteiger partial charge >= 0.3 is 0 Å². The van der Waals surface area contributed by atoms with Crippen molar-refractivity contribution in [3.8, 4) is 0 Å². The van der Waals surface area contributed by atoms with Gasteiger partial charge in [0, 0.05) is 29.4 Å². The minimum atomic E-state index is 0.436. The SMILES string of the molecule is CC1CCN(c2cc(Cl)ccc2C(N)=S)C1. The number of hydrogen-bond acceptors (Lipinski definition) is 2. The minimum absolute atomic E-state index is 0.436. The maximum Gasteiger partial charge on any atom is 0.106 e. The minimum Gasteiger partial charge on any atom is -0.389 e. The predicted molar refractivity (Wildman–Crippen MR) is 73.3 cm³/mol. The molecule has 1 aliphatic rings. The molecule has 0 aromatic heterocycles. The van der Waals surface area contributed by atoms with Crippen LogP contribution in [0.1, 0.15) is 18.9 Å². The van der Waals surface area contributed by atoms with E-state index >= 15 is 0 Å². The summed E-state index contributed by atoms with van der Waals surface area (Å²) in [6.07, 6.45) is 1.21. The molecule has 1 aromatic carbocycles. The Morgan fingerprint density at radius 3 is 2.88 bits per heavy atom. The summed E-state index contributed by atoms with van der Waals surface area (Å²) in [5.41, 5.74) is 7.73. The van der Waals surface area contributed by atoms with Crippen LogP contribution in [-0.4, -0.2) is 18.1 Å². The molecule has 1 unspecified atom stereocenters. The van der Waals surface area contributed by atoms with E-state index in [0.717, 1.165) is 35.3 Å². The van der Waals surface area contributed by atoms with Gasteiger partial charge in [0.1, 0.15) is 4.99 Å². The lowest BCUT2D eigenvalue weighted by molar-refractivity contribution is 0.659. The van der Waals surface area contributed by atoms with Gasteiger partial charge in [-0.25, -0.2) is 0 Å². The third-order valence-corrected chi connectivity index (χ3v) is 3.44. The summed E-state index contributed by atoms with van der Waals surface area (Å²) in [5.74, 6) is 0.721. The number of thiocarbonyl (C=S) groups is 1. The highest BCUT2D eigenvalue weighted by Gasteiger charge is 2.21. The van der Waals surface area contributed by atoms with Crippen molar-refractivity contribution in [2.24, 2.45) is 11.7 Å². The molecule has 1 atom stereocenters. The van der Waals surface area contributed by atoms with Gasteiger partial charge in [0.15, 0.2) is 0 Å². The topological polar surface area (TPSA) is 29.3 Å². The zero-order chi connectivity index (χ0) is 11.7. The standard InChI is InChI=1S/C12H15ClN2S/c1-8-4-5-15(7-8)11-6-9(13)2-3-10(11)12(14)16/h2-3,6,8H,4-5,7H2,1H3,(H2,14,16). The van der Waals surface area contributed by atoms with Crippen molar-refractivity contribution in [1.29, 1.82) is 0 Å². The Bertz CT molecular complexity index is 419. The molecule has 2 rings (SSSR count). The van der Waals surface area contributed by atoms with E-state index in [4.69, 9.17) is 29.6 Å². The van der Waals surface area contributed by atoms with E-state index in [9.17, 15) is 0 Å². The summed E-state index contributed by atoms with van der Waals surface area (Å²) in [7, 11) is 0. The average molecular weight is 255 g/mol. The summed E-state index contributed by atoms with van der Waals surface area (Å²) in [6.45, 7) is 4.36. The molecule has 0 amide bonds. The Morgan fingerprint density at radius 2 is 2.31 bits per heavy atom. The van der Waals surface area contributed by atoms with Gasteiger partial charge in [-0.05, 0) is 30.5 Å². The summed E-state index contributed by atoms with van der Waals surface area (Å²) in [4.78, 5) is 2.75. The molecule has 1 aliphatic heterocycles. The largest absolute Gasteiger partial charge is 0.389 e. The Labute approximate surface area is 106 Å². The van der Waals surface area contributed by atoms with E-state index in [1.165, 1.54) is 6.42 Å². The lowest BCUT2D eigenvalue weighted by Gasteiger charge is -2.21. The monoisotopic (exact) mass is 254 g/mol. The van der Waals surface area contributed by atoms with E-state index in [1.54, 1.807) is 0 Å². The van der Waals surface area contributed by atoms with Crippen molar-refractivity contribution in [1.82, 2.24) is 0 Å². The Kier molecular flexibility index (Phi) is 3.36. The van der Waals surface area contributed by atoms with E-state index < -0.39 is 0 Å². The first-order valence-corrected chi connectivity index (χ1v) is 6.21. The second-order valence-corrected chi connectivity index (χ2v) is 5.24. The highest BCUT2D eigenvalue weighted by molar-refractivity contribution is 7.80. The number of rotatable bonds is 2. The first-order valence-electron chi connectivity index (χ1n) is 5.42. The van der Waals surface area contributed by atoms with Gasteiger partial charge in [0.2, 0.25) is 0 Å². The van der Waals surface area contributed by atoms with Crippen LogP contribution < -0.4 is 10.6 Å². The lowest BCUT2D eigenvalue weighted by atomic mass is 10.1. The number of anilines is 1. The normalized spacial score (nSPS) is 20.1. The molecular weight excluding hydrogens is 240 g/mol. The molecule has 0 radical (unpaired) electrons. The molecule has 0 aliphatic carbocycles. The number of nitrogens with zero attached hydrogens (tertiary/aromatic N) is 1. The Morgan fingerprint density at radius 1 is 1.56 bits per heavy atom. The molecule has 1 saturated heterocycles. The van der Waals surface area contributed by atoms with Gasteiger partial charge in [-0.15, -0.1) is 0 Å². The zero-order valence-electron chi connectivity index (χ0n) is 9.24. The number of nitrogens with two attached hydrogens (primary N) is 1. The van der Waals surface area contributed by atoms with Crippen molar-refractivity contribution in [2.45, 2.75) is 13.3 Å². The quantitative estimate of drug-likeness (QED) is 0.823. The first-order chi connectivity index (χ1) is 7.58. The van der Waals surface area contributed by atoms with Gasteiger partial charge in [-0.2, -0.15) is 0 Å². The molecule has 0 spiro atoms. The molecule has 1 fully saturated rings. The summed E-state index contributed by atoms with van der Waals surface area (Å²) < 4.78 is 0. The van der Waals surface area contributed by atoms with Gasteiger partial charge < -0.3 is 10.6 Å². The second kappa shape index (κ2) is 4.60. The van der Waals surface area contributed by atoms with Crippen molar-refractivity contribution >= 4 is 34.5 Å². The van der Waals surface area contributed by atoms with Crippen molar-refractivity contribution in [2.75, 3.05) is 18.0 Å². The van der Waals surface area contributed by atoms with Crippen LogP contribution in [0.4, 0.5) is 5.69 Å². The highest BCUT2D eigenvalue weighted by atomic mass is 35.5. The van der Waals surface area contributed by atoms with Crippen LogP contribution in [0.2, 0.25) is 5.02 Å². The van der Waals surface area contributed by atoms with Crippen molar-refractivity contribution in [3.63, 3.8) is 0 Å². The fourth-order valence-electron chi connectivity index (χ4n) is 2.13. The average Bonchev–Trinajstić information content (AvgIpc) is 2.64. The number of hydrogen-bond donors (Lipinski definition) is 1. The molecule has 2 nitrogen and oxygen atoms in total. The molecule has 1 heterocycles. The lowest BCUT2D eigenvalue weighted by Crippen LogP contribution is -2.23. The van der Waals surface area contributed by atoms with Crippen molar-refractivity contribution < 1.29 is 0 Å². The van der Waals surface area contributed by atoms with Crippen LogP contribution in [0.15, 0.2) is 18.2 Å². The first kappa shape index (κ1) is 11.7. The predicted octanol–water partition coefficient (Wildman–Crippen LogP) is 2.82. The molecule has 2 N–H and O–H groups in total. The molecule has 4 heteroatoms. The third-order valence-electron chi connectivity index (χ3n) is 2.99. The Hall–Kier alpha value is -0.800. The molecule has 0 bridgehead atoms. The van der Waals surface area contributed by atoms with E-state index in [1.807, 2.05) is 18.2 Å². The molecular formula is C12H15ClN2S. The van der Waals surface area contributed by atoms with Crippen LogP contribution in [0, 0.1) is 5.92 Å². The van der Waals surface area contributed by atoms with E-state index in [2.05, 4.69) is 11.8 Å². The van der Waals surface area contributed by atoms with Crippen LogP contribution >= 0.6 is 23.8 Å². The highest BCUT2D eigenvalue weighted by Crippen LogP contribution is 2.29. The van der Waals surface area contributed by atoms with Crippen LogP contribution in [0.5, 0.6) is 0 Å². The van der Waals surface area contributed by atoms with Crippen molar-refractivity contribution in [3.05, 3.63) is 28.8 Å².